The Morgan fingerprint density at radius 3 is 1.56 bits per heavy atom. The molecule has 0 atom stereocenters. The van der Waals surface area contributed by atoms with Gasteiger partial charge in [0.05, 0.1) is 11.4 Å². The second kappa shape index (κ2) is 5.64. The number of alkyl halides is 6. The minimum Gasteiger partial charge on any atom is -0.506 e. The molecule has 0 aliphatic carbocycles. The summed E-state index contributed by atoms with van der Waals surface area (Å²) in [6.07, 6.45) is -11.7. The minimum atomic E-state index is -5.84. The molecular formula is C15H12F6N2O2. The number of phenolic OH excluding ortho intramolecular Hbond substituents is 2. The number of aromatic hydroxyl groups is 2. The van der Waals surface area contributed by atoms with Gasteiger partial charge < -0.3 is 21.7 Å². The largest absolute Gasteiger partial charge is 0.506 e. The van der Waals surface area contributed by atoms with Crippen molar-refractivity contribution in [1.82, 2.24) is 0 Å². The highest BCUT2D eigenvalue weighted by molar-refractivity contribution is 5.60. The number of rotatable bonds is 2. The number of anilines is 2. The standard InChI is InChI=1S/C15H12F6N2O2/c16-14(17,18)13(15(19,20)21,7-2-4-11(24)10(23)5-7)8-1-3-9(22)12(25)6-8/h1-6,24-25H,22-23H2. The number of halogens is 6. The van der Waals surface area contributed by atoms with Crippen LogP contribution in [-0.2, 0) is 5.41 Å². The lowest BCUT2D eigenvalue weighted by molar-refractivity contribution is -0.288. The van der Waals surface area contributed by atoms with Crippen molar-refractivity contribution in [2.75, 3.05) is 11.5 Å². The molecule has 10 heteroatoms. The molecule has 0 aliphatic heterocycles. The molecule has 0 unspecified atom stereocenters. The summed E-state index contributed by atoms with van der Waals surface area (Å²) in [6, 6.07) is 3.07. The van der Waals surface area contributed by atoms with Gasteiger partial charge >= 0.3 is 12.4 Å². The zero-order valence-electron chi connectivity index (χ0n) is 12.3. The van der Waals surface area contributed by atoms with Gasteiger partial charge in [0.2, 0.25) is 5.41 Å². The minimum absolute atomic E-state index is 0.305. The second-order valence-corrected chi connectivity index (χ2v) is 5.29. The third kappa shape index (κ3) is 2.77. The lowest BCUT2D eigenvalue weighted by Gasteiger charge is -2.38. The van der Waals surface area contributed by atoms with Gasteiger partial charge in [-0.15, -0.1) is 0 Å². The van der Waals surface area contributed by atoms with Gasteiger partial charge in [-0.2, -0.15) is 26.3 Å². The summed E-state index contributed by atoms with van der Waals surface area (Å²) in [7, 11) is 0. The molecule has 25 heavy (non-hydrogen) atoms. The highest BCUT2D eigenvalue weighted by atomic mass is 19.4. The first-order valence-electron chi connectivity index (χ1n) is 6.63. The second-order valence-electron chi connectivity index (χ2n) is 5.29. The van der Waals surface area contributed by atoms with Gasteiger partial charge in [0.25, 0.3) is 0 Å². The molecule has 0 bridgehead atoms. The van der Waals surface area contributed by atoms with E-state index in [2.05, 4.69) is 0 Å². The predicted octanol–water partition coefficient (Wildman–Crippen LogP) is 3.67. The fourth-order valence-corrected chi connectivity index (χ4v) is 2.55. The van der Waals surface area contributed by atoms with Gasteiger partial charge in [0.15, 0.2) is 0 Å². The summed E-state index contributed by atoms with van der Waals surface area (Å²) in [5.74, 6) is -1.59. The number of phenols is 2. The lowest BCUT2D eigenvalue weighted by Crippen LogP contribution is -2.54. The fourth-order valence-electron chi connectivity index (χ4n) is 2.55. The van der Waals surface area contributed by atoms with Crippen molar-refractivity contribution in [2.45, 2.75) is 17.8 Å². The summed E-state index contributed by atoms with van der Waals surface area (Å²) in [4.78, 5) is 0. The number of nitrogens with two attached hydrogens (primary N) is 2. The van der Waals surface area contributed by atoms with Gasteiger partial charge in [0.1, 0.15) is 11.5 Å². The summed E-state index contributed by atoms with van der Waals surface area (Å²) >= 11 is 0. The van der Waals surface area contributed by atoms with Crippen LogP contribution in [0, 0.1) is 0 Å². The molecule has 0 aliphatic rings. The van der Waals surface area contributed by atoms with E-state index in [1.165, 1.54) is 0 Å². The maximum atomic E-state index is 13.8. The average Bonchev–Trinajstić information content (AvgIpc) is 2.44. The molecule has 2 aromatic rings. The van der Waals surface area contributed by atoms with Crippen LogP contribution < -0.4 is 11.5 Å². The van der Waals surface area contributed by atoms with Crippen molar-refractivity contribution >= 4 is 11.4 Å². The van der Waals surface area contributed by atoms with E-state index in [0.717, 1.165) is 6.07 Å². The van der Waals surface area contributed by atoms with Crippen molar-refractivity contribution < 1.29 is 36.6 Å². The monoisotopic (exact) mass is 366 g/mol. The molecule has 0 saturated carbocycles. The molecule has 0 spiro atoms. The number of nitrogen functional groups attached to an aromatic ring is 2. The highest BCUT2D eigenvalue weighted by Gasteiger charge is 2.72. The Bertz CT molecular complexity index is 734. The summed E-state index contributed by atoms with van der Waals surface area (Å²) < 4.78 is 82.6. The molecule has 0 saturated heterocycles. The zero-order chi connectivity index (χ0) is 19.2. The van der Waals surface area contributed by atoms with Crippen LogP contribution >= 0.6 is 0 Å². The van der Waals surface area contributed by atoms with Crippen LogP contribution in [0.1, 0.15) is 11.1 Å². The topological polar surface area (TPSA) is 92.5 Å². The molecule has 6 N–H and O–H groups in total. The van der Waals surface area contributed by atoms with Crippen LogP contribution in [0.5, 0.6) is 11.5 Å². The lowest BCUT2D eigenvalue weighted by atomic mass is 9.72. The van der Waals surface area contributed by atoms with Crippen molar-refractivity contribution in [3.8, 4) is 11.5 Å². The highest BCUT2D eigenvalue weighted by Crippen LogP contribution is 2.57. The molecule has 0 heterocycles. The van der Waals surface area contributed by atoms with Gasteiger partial charge in [-0.25, -0.2) is 0 Å². The summed E-state index contributed by atoms with van der Waals surface area (Å²) in [5, 5.41) is 18.8. The van der Waals surface area contributed by atoms with E-state index in [1.807, 2.05) is 0 Å². The van der Waals surface area contributed by atoms with E-state index in [4.69, 9.17) is 11.5 Å². The van der Waals surface area contributed by atoms with E-state index in [9.17, 15) is 36.6 Å². The first-order valence-corrected chi connectivity index (χ1v) is 6.63. The molecule has 2 rings (SSSR count). The van der Waals surface area contributed by atoms with Crippen molar-refractivity contribution in [2.24, 2.45) is 0 Å². The fraction of sp³-hybridized carbons (Fsp3) is 0.200. The molecule has 0 amide bonds. The third-order valence-electron chi connectivity index (χ3n) is 3.77. The molecule has 0 fully saturated rings. The Morgan fingerprint density at radius 1 is 0.640 bits per heavy atom. The van der Waals surface area contributed by atoms with Crippen LogP contribution in [0.4, 0.5) is 37.7 Å². The van der Waals surface area contributed by atoms with Gasteiger partial charge in [-0.3, -0.25) is 0 Å². The van der Waals surface area contributed by atoms with Crippen molar-refractivity contribution in [3.63, 3.8) is 0 Å². The SMILES string of the molecule is Nc1cc(C(c2ccc(N)c(O)c2)(C(F)(F)F)C(F)(F)F)ccc1O. The van der Waals surface area contributed by atoms with Gasteiger partial charge in [-0.1, -0.05) is 12.1 Å². The average molecular weight is 366 g/mol. The third-order valence-corrected chi connectivity index (χ3v) is 3.77. The Morgan fingerprint density at radius 2 is 1.12 bits per heavy atom. The summed E-state index contributed by atoms with van der Waals surface area (Å²) in [6.45, 7) is 0. The molecule has 136 valence electrons. The van der Waals surface area contributed by atoms with E-state index in [1.54, 1.807) is 0 Å². The van der Waals surface area contributed by atoms with E-state index in [-0.39, 0.29) is 5.69 Å². The maximum Gasteiger partial charge on any atom is 0.411 e. The normalized spacial score (nSPS) is 13.0. The van der Waals surface area contributed by atoms with Crippen molar-refractivity contribution in [1.29, 1.82) is 0 Å². The zero-order valence-corrected chi connectivity index (χ0v) is 12.3. The Balaban J connectivity index is 2.96. The van der Waals surface area contributed by atoms with Gasteiger partial charge in [0, 0.05) is 0 Å². The Labute approximate surface area is 137 Å². The van der Waals surface area contributed by atoms with Crippen LogP contribution in [0.2, 0.25) is 0 Å². The maximum absolute atomic E-state index is 13.8. The quantitative estimate of drug-likeness (QED) is 0.371. The van der Waals surface area contributed by atoms with E-state index >= 15 is 0 Å². The first-order chi connectivity index (χ1) is 11.3. The predicted molar refractivity (Wildman–Crippen MR) is 77.9 cm³/mol. The Hall–Kier alpha value is -2.78. The molecule has 0 radical (unpaired) electrons. The van der Waals surface area contributed by atoms with E-state index < -0.39 is 46.1 Å². The number of benzene rings is 2. The van der Waals surface area contributed by atoms with Crippen LogP contribution in [0.15, 0.2) is 36.4 Å². The molecule has 4 nitrogen and oxygen atoms in total. The number of hydrogen-bond donors (Lipinski definition) is 4. The van der Waals surface area contributed by atoms with Gasteiger partial charge in [-0.05, 0) is 35.4 Å². The summed E-state index contributed by atoms with van der Waals surface area (Å²) in [5.41, 5.74) is 2.49. The van der Waals surface area contributed by atoms with Crippen LogP contribution in [0.3, 0.4) is 0 Å². The van der Waals surface area contributed by atoms with Crippen LogP contribution in [0.25, 0.3) is 0 Å². The Kier molecular flexibility index (Phi) is 4.19. The smallest absolute Gasteiger partial charge is 0.411 e. The van der Waals surface area contributed by atoms with Crippen molar-refractivity contribution in [3.05, 3.63) is 47.5 Å². The van der Waals surface area contributed by atoms with Crippen LogP contribution in [-0.4, -0.2) is 22.6 Å². The molecule has 0 aromatic heterocycles. The molecular weight excluding hydrogens is 354 g/mol. The first kappa shape index (κ1) is 18.6. The molecule has 2 aromatic carbocycles. The number of hydrogen-bond acceptors (Lipinski definition) is 4. The van der Waals surface area contributed by atoms with E-state index in [0.29, 0.717) is 30.3 Å².